The average Bonchev–Trinajstić information content (AvgIpc) is 2.12. The Bertz CT molecular complexity index is 386. The van der Waals surface area contributed by atoms with Crippen molar-refractivity contribution in [3.8, 4) is 5.75 Å². The fourth-order valence-electron chi connectivity index (χ4n) is 1.06. The zero-order valence-corrected chi connectivity index (χ0v) is 9.53. The van der Waals surface area contributed by atoms with Crippen LogP contribution in [-0.4, -0.2) is 12.5 Å². The number of hydrogen-bond donors (Lipinski definition) is 0. The number of rotatable bonds is 2. The molecule has 1 nitrogen and oxygen atoms in total. The molecule has 0 aliphatic carbocycles. The SMILES string of the molecule is FC(F)(F)Oc1cccc([C@H](Br)C(F)(F)F)c1. The normalized spacial score (nSPS) is 14.5. The maximum atomic E-state index is 12.3. The van der Waals surface area contributed by atoms with Crippen LogP contribution in [0.5, 0.6) is 5.75 Å². The maximum absolute atomic E-state index is 12.3. The lowest BCUT2D eigenvalue weighted by Gasteiger charge is -2.15. The van der Waals surface area contributed by atoms with Crippen LogP contribution in [0.1, 0.15) is 10.4 Å². The van der Waals surface area contributed by atoms with Gasteiger partial charge in [0.05, 0.1) is 0 Å². The van der Waals surface area contributed by atoms with Crippen LogP contribution in [-0.2, 0) is 0 Å². The van der Waals surface area contributed by atoms with Gasteiger partial charge in [-0.05, 0) is 17.7 Å². The first-order valence-corrected chi connectivity index (χ1v) is 5.07. The monoisotopic (exact) mass is 322 g/mol. The van der Waals surface area contributed by atoms with Gasteiger partial charge in [0.2, 0.25) is 0 Å². The Kier molecular flexibility index (Phi) is 3.95. The molecule has 0 saturated carbocycles. The van der Waals surface area contributed by atoms with Crippen LogP contribution in [0.25, 0.3) is 0 Å². The van der Waals surface area contributed by atoms with E-state index < -0.39 is 23.1 Å². The van der Waals surface area contributed by atoms with Crippen molar-refractivity contribution in [3.63, 3.8) is 0 Å². The number of ether oxygens (including phenoxy) is 1. The zero-order chi connectivity index (χ0) is 13.3. The van der Waals surface area contributed by atoms with Crippen molar-refractivity contribution in [1.29, 1.82) is 0 Å². The van der Waals surface area contributed by atoms with Gasteiger partial charge in [-0.1, -0.05) is 28.1 Å². The van der Waals surface area contributed by atoms with E-state index in [1.54, 1.807) is 0 Å². The lowest BCUT2D eigenvalue weighted by atomic mass is 10.1. The van der Waals surface area contributed by atoms with Gasteiger partial charge in [0.1, 0.15) is 10.6 Å². The van der Waals surface area contributed by atoms with Crippen molar-refractivity contribution in [2.24, 2.45) is 0 Å². The van der Waals surface area contributed by atoms with E-state index in [0.29, 0.717) is 6.07 Å². The minimum absolute atomic E-state index is 0.362. The Morgan fingerprint density at radius 2 is 1.65 bits per heavy atom. The van der Waals surface area contributed by atoms with Crippen LogP contribution in [0.4, 0.5) is 26.3 Å². The third kappa shape index (κ3) is 4.45. The molecule has 0 bridgehead atoms. The van der Waals surface area contributed by atoms with Crippen molar-refractivity contribution >= 4 is 15.9 Å². The van der Waals surface area contributed by atoms with Crippen molar-refractivity contribution in [1.82, 2.24) is 0 Å². The van der Waals surface area contributed by atoms with E-state index in [-0.39, 0.29) is 5.56 Å². The summed E-state index contributed by atoms with van der Waals surface area (Å²) in [5.41, 5.74) is -0.362. The summed E-state index contributed by atoms with van der Waals surface area (Å²) in [5, 5.41) is 0. The van der Waals surface area contributed by atoms with Gasteiger partial charge < -0.3 is 4.74 Å². The second kappa shape index (κ2) is 4.75. The Balaban J connectivity index is 2.94. The van der Waals surface area contributed by atoms with Crippen LogP contribution < -0.4 is 4.74 Å². The fourth-order valence-corrected chi connectivity index (χ4v) is 1.34. The number of hydrogen-bond acceptors (Lipinski definition) is 1. The number of alkyl halides is 7. The molecule has 1 atom stereocenters. The quantitative estimate of drug-likeness (QED) is 0.572. The van der Waals surface area contributed by atoms with Gasteiger partial charge in [-0.2, -0.15) is 13.2 Å². The molecule has 0 unspecified atom stereocenters. The van der Waals surface area contributed by atoms with Crippen molar-refractivity contribution in [3.05, 3.63) is 29.8 Å². The second-order valence-corrected chi connectivity index (χ2v) is 3.94. The van der Waals surface area contributed by atoms with Crippen LogP contribution in [0.2, 0.25) is 0 Å². The molecule has 1 rings (SSSR count). The molecule has 0 fully saturated rings. The summed E-state index contributed by atoms with van der Waals surface area (Å²) in [6.07, 6.45) is -9.52. The molecular weight excluding hydrogens is 318 g/mol. The first kappa shape index (κ1) is 14.1. The number of benzene rings is 1. The van der Waals surface area contributed by atoms with Gasteiger partial charge in [0, 0.05) is 0 Å². The van der Waals surface area contributed by atoms with Gasteiger partial charge in [-0.15, -0.1) is 13.2 Å². The van der Waals surface area contributed by atoms with Crippen LogP contribution in [0, 0.1) is 0 Å². The topological polar surface area (TPSA) is 9.23 Å². The summed E-state index contributed by atoms with van der Waals surface area (Å²) in [6.45, 7) is 0. The first-order valence-electron chi connectivity index (χ1n) is 4.16. The standard InChI is InChI=1S/C9H5BrF6O/c10-7(8(11,12)13)5-2-1-3-6(4-5)17-9(14,15)16/h1-4,7H/t7-/m0/s1. The van der Waals surface area contributed by atoms with Gasteiger partial charge >= 0.3 is 12.5 Å². The maximum Gasteiger partial charge on any atom is 0.573 e. The molecule has 0 aromatic heterocycles. The van der Waals surface area contributed by atoms with Crippen LogP contribution >= 0.6 is 15.9 Å². The average molecular weight is 323 g/mol. The fraction of sp³-hybridized carbons (Fsp3) is 0.333. The molecule has 0 saturated heterocycles. The summed E-state index contributed by atoms with van der Waals surface area (Å²) < 4.78 is 76.0. The molecule has 0 N–H and O–H groups in total. The molecule has 17 heavy (non-hydrogen) atoms. The smallest absolute Gasteiger partial charge is 0.406 e. The van der Waals surface area contributed by atoms with Crippen molar-refractivity contribution in [2.45, 2.75) is 17.4 Å². The minimum atomic E-state index is -4.93. The third-order valence-electron chi connectivity index (χ3n) is 1.67. The van der Waals surface area contributed by atoms with Gasteiger partial charge in [0.15, 0.2) is 0 Å². The molecule has 1 aromatic rings. The van der Waals surface area contributed by atoms with Crippen molar-refractivity contribution in [2.75, 3.05) is 0 Å². The molecule has 0 amide bonds. The Hall–Kier alpha value is -0.920. The molecule has 0 radical (unpaired) electrons. The predicted molar refractivity (Wildman–Crippen MR) is 50.8 cm³/mol. The highest BCUT2D eigenvalue weighted by Gasteiger charge is 2.39. The van der Waals surface area contributed by atoms with Gasteiger partial charge in [-0.25, -0.2) is 0 Å². The summed E-state index contributed by atoms with van der Waals surface area (Å²) in [6, 6.07) is 3.71. The summed E-state index contributed by atoms with van der Waals surface area (Å²) in [5.74, 6) is -0.691. The molecule has 0 heterocycles. The largest absolute Gasteiger partial charge is 0.573 e. The van der Waals surface area contributed by atoms with E-state index in [1.165, 1.54) is 0 Å². The Morgan fingerprint density at radius 1 is 1.06 bits per heavy atom. The summed E-state index contributed by atoms with van der Waals surface area (Å²) >= 11 is 2.36. The lowest BCUT2D eigenvalue weighted by molar-refractivity contribution is -0.274. The Labute approximate surface area is 101 Å². The van der Waals surface area contributed by atoms with Crippen molar-refractivity contribution < 1.29 is 31.1 Å². The summed E-state index contributed by atoms with van der Waals surface area (Å²) in [4.78, 5) is -2.04. The van der Waals surface area contributed by atoms with E-state index in [2.05, 4.69) is 20.7 Å². The highest BCUT2D eigenvalue weighted by molar-refractivity contribution is 9.09. The predicted octanol–water partition coefficient (Wildman–Crippen LogP) is 4.58. The van der Waals surface area contributed by atoms with E-state index in [1.807, 2.05) is 0 Å². The molecular formula is C9H5BrF6O. The number of halogens is 7. The molecule has 96 valence electrons. The lowest BCUT2D eigenvalue weighted by Crippen LogP contribution is -2.18. The molecule has 0 aliphatic rings. The molecule has 0 spiro atoms. The molecule has 0 aliphatic heterocycles. The van der Waals surface area contributed by atoms with E-state index in [9.17, 15) is 26.3 Å². The highest BCUT2D eigenvalue weighted by atomic mass is 79.9. The zero-order valence-electron chi connectivity index (χ0n) is 7.94. The van der Waals surface area contributed by atoms with Crippen LogP contribution in [0.3, 0.4) is 0 Å². The first-order chi connectivity index (χ1) is 7.59. The highest BCUT2D eigenvalue weighted by Crippen LogP contribution is 2.40. The van der Waals surface area contributed by atoms with E-state index >= 15 is 0 Å². The van der Waals surface area contributed by atoms with Gasteiger partial charge in [-0.3, -0.25) is 0 Å². The molecule has 8 heteroatoms. The summed E-state index contributed by atoms with van der Waals surface area (Å²) in [7, 11) is 0. The van der Waals surface area contributed by atoms with E-state index in [4.69, 9.17) is 0 Å². The minimum Gasteiger partial charge on any atom is -0.406 e. The Morgan fingerprint density at radius 3 is 2.12 bits per heavy atom. The third-order valence-corrected chi connectivity index (χ3v) is 2.72. The van der Waals surface area contributed by atoms with Crippen LogP contribution in [0.15, 0.2) is 24.3 Å². The van der Waals surface area contributed by atoms with E-state index in [0.717, 1.165) is 18.2 Å². The molecule has 1 aromatic carbocycles. The second-order valence-electron chi connectivity index (χ2n) is 3.02. The van der Waals surface area contributed by atoms with Gasteiger partial charge in [0.25, 0.3) is 0 Å².